The number of rotatable bonds is 4. The molecular formula is C13H18N2O2. The Morgan fingerprint density at radius 2 is 2.18 bits per heavy atom. The van der Waals surface area contributed by atoms with Gasteiger partial charge in [-0.25, -0.2) is 0 Å². The van der Waals surface area contributed by atoms with Gasteiger partial charge in [0.25, 0.3) is 5.91 Å². The summed E-state index contributed by atoms with van der Waals surface area (Å²) in [4.78, 5) is 13.7. The van der Waals surface area contributed by atoms with Crippen LogP contribution in [0.4, 0.5) is 5.69 Å². The van der Waals surface area contributed by atoms with E-state index < -0.39 is 0 Å². The number of nitrogens with two attached hydrogens (primary N) is 1. The molecule has 0 saturated carbocycles. The Bertz CT molecular complexity index is 441. The Labute approximate surface area is 102 Å². The number of hydrogen-bond acceptors (Lipinski definition) is 3. The second kappa shape index (κ2) is 5.39. The van der Waals surface area contributed by atoms with Crippen molar-refractivity contribution >= 4 is 11.6 Å². The monoisotopic (exact) mass is 234 g/mol. The average Bonchev–Trinajstić information content (AvgIpc) is 2.26. The molecule has 1 rings (SSSR count). The van der Waals surface area contributed by atoms with Gasteiger partial charge in [-0.1, -0.05) is 18.2 Å². The van der Waals surface area contributed by atoms with Crippen molar-refractivity contribution in [2.24, 2.45) is 0 Å². The predicted molar refractivity (Wildman–Crippen MR) is 69.2 cm³/mol. The summed E-state index contributed by atoms with van der Waals surface area (Å²) < 4.78 is 5.16. The maximum atomic E-state index is 12.2. The number of amides is 1. The molecule has 0 unspecified atom stereocenters. The highest BCUT2D eigenvalue weighted by Gasteiger charge is 2.17. The van der Waals surface area contributed by atoms with E-state index in [1.54, 1.807) is 30.1 Å². The van der Waals surface area contributed by atoms with Gasteiger partial charge >= 0.3 is 0 Å². The van der Waals surface area contributed by atoms with E-state index in [0.717, 1.165) is 5.57 Å². The fourth-order valence-electron chi connectivity index (χ4n) is 1.63. The van der Waals surface area contributed by atoms with Gasteiger partial charge in [-0.05, 0) is 19.1 Å². The number of carbonyl (C=O) groups is 1. The molecule has 92 valence electrons. The standard InChI is InChI=1S/C13H18N2O2/c1-9(2)8-15(3)13(16)10-6-5-7-11(14)12(10)17-4/h5-7H,1,8,14H2,2-4H3. The van der Waals surface area contributed by atoms with E-state index in [1.807, 2.05) is 6.92 Å². The molecule has 0 radical (unpaired) electrons. The fraction of sp³-hybridized carbons (Fsp3) is 0.308. The van der Waals surface area contributed by atoms with Crippen LogP contribution < -0.4 is 10.5 Å². The first kappa shape index (κ1) is 13.1. The minimum absolute atomic E-state index is 0.128. The van der Waals surface area contributed by atoms with Crippen molar-refractivity contribution in [2.75, 3.05) is 26.4 Å². The molecule has 4 nitrogen and oxygen atoms in total. The quantitative estimate of drug-likeness (QED) is 0.639. The predicted octanol–water partition coefficient (Wildman–Crippen LogP) is 1.93. The first-order valence-corrected chi connectivity index (χ1v) is 5.29. The largest absolute Gasteiger partial charge is 0.494 e. The van der Waals surface area contributed by atoms with Gasteiger partial charge in [-0.15, -0.1) is 0 Å². The third kappa shape index (κ3) is 3.00. The highest BCUT2D eigenvalue weighted by molar-refractivity contribution is 5.98. The van der Waals surface area contributed by atoms with Crippen LogP contribution in [0, 0.1) is 0 Å². The van der Waals surface area contributed by atoms with Crippen molar-refractivity contribution in [3.63, 3.8) is 0 Å². The van der Waals surface area contributed by atoms with Crippen molar-refractivity contribution in [2.45, 2.75) is 6.92 Å². The van der Waals surface area contributed by atoms with Crippen LogP contribution in [-0.4, -0.2) is 31.5 Å². The second-order valence-corrected chi connectivity index (χ2v) is 4.05. The summed E-state index contributed by atoms with van der Waals surface area (Å²) in [6.07, 6.45) is 0. The lowest BCUT2D eigenvalue weighted by atomic mass is 10.1. The molecule has 2 N–H and O–H groups in total. The van der Waals surface area contributed by atoms with Gasteiger partial charge < -0.3 is 15.4 Å². The number of hydrogen-bond donors (Lipinski definition) is 1. The van der Waals surface area contributed by atoms with Gasteiger partial charge in [0.2, 0.25) is 0 Å². The Kier molecular flexibility index (Phi) is 4.15. The normalized spacial score (nSPS) is 9.82. The first-order valence-electron chi connectivity index (χ1n) is 5.29. The number of benzene rings is 1. The molecular weight excluding hydrogens is 216 g/mol. The summed E-state index contributed by atoms with van der Waals surface area (Å²) in [6.45, 7) is 6.17. The zero-order chi connectivity index (χ0) is 13.0. The molecule has 1 aromatic rings. The van der Waals surface area contributed by atoms with Crippen LogP contribution in [0.15, 0.2) is 30.4 Å². The zero-order valence-corrected chi connectivity index (χ0v) is 10.5. The van der Waals surface area contributed by atoms with Crippen LogP contribution in [0.1, 0.15) is 17.3 Å². The lowest BCUT2D eigenvalue weighted by Crippen LogP contribution is -2.28. The maximum absolute atomic E-state index is 12.2. The van der Waals surface area contributed by atoms with Gasteiger partial charge in [0.15, 0.2) is 5.75 Å². The lowest BCUT2D eigenvalue weighted by Gasteiger charge is -2.19. The summed E-state index contributed by atoms with van der Waals surface area (Å²) in [6, 6.07) is 5.14. The Balaban J connectivity index is 3.03. The Morgan fingerprint density at radius 1 is 1.53 bits per heavy atom. The van der Waals surface area contributed by atoms with Gasteiger partial charge in [-0.2, -0.15) is 0 Å². The van der Waals surface area contributed by atoms with Gasteiger partial charge in [0, 0.05) is 13.6 Å². The van der Waals surface area contributed by atoms with E-state index in [4.69, 9.17) is 10.5 Å². The third-order valence-corrected chi connectivity index (χ3v) is 2.33. The molecule has 0 aromatic heterocycles. The van der Waals surface area contributed by atoms with Crippen LogP contribution in [-0.2, 0) is 0 Å². The van der Waals surface area contributed by atoms with E-state index in [2.05, 4.69) is 6.58 Å². The molecule has 0 saturated heterocycles. The van der Waals surface area contributed by atoms with Crippen LogP contribution in [0.2, 0.25) is 0 Å². The topological polar surface area (TPSA) is 55.6 Å². The highest BCUT2D eigenvalue weighted by Crippen LogP contribution is 2.26. The smallest absolute Gasteiger partial charge is 0.257 e. The molecule has 0 bridgehead atoms. The fourth-order valence-corrected chi connectivity index (χ4v) is 1.63. The van der Waals surface area contributed by atoms with Crippen molar-refractivity contribution in [3.05, 3.63) is 35.9 Å². The van der Waals surface area contributed by atoms with Crippen LogP contribution in [0.25, 0.3) is 0 Å². The molecule has 0 fully saturated rings. The molecule has 0 aliphatic carbocycles. The van der Waals surface area contributed by atoms with E-state index in [9.17, 15) is 4.79 Å². The second-order valence-electron chi connectivity index (χ2n) is 4.05. The van der Waals surface area contributed by atoms with Crippen molar-refractivity contribution < 1.29 is 9.53 Å². The Morgan fingerprint density at radius 3 is 2.71 bits per heavy atom. The van der Waals surface area contributed by atoms with Crippen LogP contribution in [0.5, 0.6) is 5.75 Å². The average molecular weight is 234 g/mol. The third-order valence-electron chi connectivity index (χ3n) is 2.33. The van der Waals surface area contributed by atoms with E-state index in [0.29, 0.717) is 23.5 Å². The molecule has 0 aliphatic rings. The van der Waals surface area contributed by atoms with Crippen molar-refractivity contribution in [1.29, 1.82) is 0 Å². The molecule has 17 heavy (non-hydrogen) atoms. The molecule has 0 spiro atoms. The number of methoxy groups -OCH3 is 1. The molecule has 0 atom stereocenters. The SMILES string of the molecule is C=C(C)CN(C)C(=O)c1cccc(N)c1OC. The lowest BCUT2D eigenvalue weighted by molar-refractivity contribution is 0.0803. The molecule has 1 amide bonds. The van der Waals surface area contributed by atoms with E-state index >= 15 is 0 Å². The molecule has 4 heteroatoms. The maximum Gasteiger partial charge on any atom is 0.257 e. The number of para-hydroxylation sites is 1. The van der Waals surface area contributed by atoms with Crippen LogP contribution >= 0.6 is 0 Å². The summed E-state index contributed by atoms with van der Waals surface area (Å²) in [5, 5.41) is 0. The van der Waals surface area contributed by atoms with Crippen molar-refractivity contribution in [1.82, 2.24) is 4.90 Å². The number of nitrogens with zero attached hydrogens (tertiary/aromatic N) is 1. The number of carbonyl (C=O) groups excluding carboxylic acids is 1. The van der Waals surface area contributed by atoms with E-state index in [-0.39, 0.29) is 5.91 Å². The van der Waals surface area contributed by atoms with Crippen LogP contribution in [0.3, 0.4) is 0 Å². The number of anilines is 1. The summed E-state index contributed by atoms with van der Waals surface area (Å²) in [5.41, 5.74) is 7.61. The zero-order valence-electron chi connectivity index (χ0n) is 10.5. The van der Waals surface area contributed by atoms with Gasteiger partial charge in [-0.3, -0.25) is 4.79 Å². The minimum Gasteiger partial charge on any atom is -0.494 e. The van der Waals surface area contributed by atoms with Crippen molar-refractivity contribution in [3.8, 4) is 5.75 Å². The number of nitrogen functional groups attached to an aromatic ring is 1. The molecule has 1 aromatic carbocycles. The molecule has 0 aliphatic heterocycles. The van der Waals surface area contributed by atoms with Gasteiger partial charge in [0.1, 0.15) is 0 Å². The first-order chi connectivity index (χ1) is 7.97. The van der Waals surface area contributed by atoms with E-state index in [1.165, 1.54) is 7.11 Å². The summed E-state index contributed by atoms with van der Waals surface area (Å²) >= 11 is 0. The van der Waals surface area contributed by atoms with Gasteiger partial charge in [0.05, 0.1) is 18.4 Å². The highest BCUT2D eigenvalue weighted by atomic mass is 16.5. The number of ether oxygens (including phenoxy) is 1. The Hall–Kier alpha value is -1.97. The summed E-state index contributed by atoms with van der Waals surface area (Å²) in [5.74, 6) is 0.295. The molecule has 0 heterocycles. The number of likely N-dealkylation sites (N-methyl/N-ethyl adjacent to an activating group) is 1. The summed E-state index contributed by atoms with van der Waals surface area (Å²) in [7, 11) is 3.22. The minimum atomic E-state index is -0.128.